The molecule has 0 aromatic heterocycles. The summed E-state index contributed by atoms with van der Waals surface area (Å²) in [5.74, 6) is -3.60. The molecule has 2 N–H and O–H groups in total. The molecule has 3 rings (SSSR count). The van der Waals surface area contributed by atoms with Gasteiger partial charge < -0.3 is 10.1 Å². The molecule has 192 valence electrons. The second kappa shape index (κ2) is 10.4. The van der Waals surface area contributed by atoms with Crippen molar-refractivity contribution in [2.45, 2.75) is 38.8 Å². The van der Waals surface area contributed by atoms with Crippen LogP contribution in [0.4, 0.5) is 18.9 Å². The quantitative estimate of drug-likeness (QED) is 0.583. The van der Waals surface area contributed by atoms with E-state index in [4.69, 9.17) is 4.74 Å². The van der Waals surface area contributed by atoms with Crippen molar-refractivity contribution in [2.75, 3.05) is 18.5 Å². The summed E-state index contributed by atoms with van der Waals surface area (Å²) in [5, 5.41) is 3.25. The van der Waals surface area contributed by atoms with Gasteiger partial charge in [0, 0.05) is 17.7 Å². The molecule has 0 unspecified atom stereocenters. The molecule has 2 aromatic carbocycles. The summed E-state index contributed by atoms with van der Waals surface area (Å²) in [6.07, 6.45) is -4.79. The van der Waals surface area contributed by atoms with Crippen LogP contribution >= 0.6 is 0 Å². The van der Waals surface area contributed by atoms with Crippen LogP contribution < -0.4 is 10.7 Å². The molecule has 0 aliphatic carbocycles. The lowest BCUT2D eigenvalue weighted by Gasteiger charge is -2.20. The Labute approximate surface area is 205 Å². The molecule has 3 amide bonds. The average molecular weight is 505 g/mol. The van der Waals surface area contributed by atoms with E-state index in [9.17, 15) is 32.3 Å². The van der Waals surface area contributed by atoms with Gasteiger partial charge in [0.25, 0.3) is 11.8 Å². The minimum atomic E-state index is -4.57. The molecule has 1 fully saturated rings. The summed E-state index contributed by atoms with van der Waals surface area (Å²) < 4.78 is 43.3. The van der Waals surface area contributed by atoms with E-state index in [1.165, 1.54) is 6.07 Å². The third-order valence-corrected chi connectivity index (χ3v) is 5.53. The van der Waals surface area contributed by atoms with Crippen LogP contribution in [0.15, 0.2) is 48.5 Å². The highest BCUT2D eigenvalue weighted by Crippen LogP contribution is 2.30. The molecule has 2 aromatic rings. The fourth-order valence-electron chi connectivity index (χ4n) is 3.51. The summed E-state index contributed by atoms with van der Waals surface area (Å²) in [7, 11) is 0. The van der Waals surface area contributed by atoms with Crippen LogP contribution in [0, 0.1) is 5.92 Å². The Morgan fingerprint density at radius 2 is 1.69 bits per heavy atom. The number of ether oxygens (including phenoxy) is 1. The zero-order valence-corrected chi connectivity index (χ0v) is 19.9. The Balaban J connectivity index is 1.49. The second-order valence-corrected chi connectivity index (χ2v) is 9.41. The molecule has 0 radical (unpaired) electrons. The van der Waals surface area contributed by atoms with Crippen molar-refractivity contribution in [2.24, 2.45) is 5.92 Å². The zero-order chi connectivity index (χ0) is 26.7. The Morgan fingerprint density at radius 3 is 2.31 bits per heavy atom. The minimum Gasteiger partial charge on any atom is -0.455 e. The molecule has 1 atom stereocenters. The van der Waals surface area contributed by atoms with Gasteiger partial charge in [-0.3, -0.25) is 29.6 Å². The number of hydrazine groups is 1. The van der Waals surface area contributed by atoms with Crippen molar-refractivity contribution < 1.29 is 37.1 Å². The number of halogens is 3. The summed E-state index contributed by atoms with van der Waals surface area (Å²) in [5.41, 5.74) is 2.72. The third-order valence-electron chi connectivity index (χ3n) is 5.53. The van der Waals surface area contributed by atoms with Gasteiger partial charge >= 0.3 is 12.1 Å². The molecule has 0 saturated carbocycles. The van der Waals surface area contributed by atoms with Gasteiger partial charge in [0.05, 0.1) is 18.0 Å². The van der Waals surface area contributed by atoms with E-state index >= 15 is 0 Å². The second-order valence-electron chi connectivity index (χ2n) is 9.41. The molecule has 11 heteroatoms. The number of esters is 1. The van der Waals surface area contributed by atoms with Crippen molar-refractivity contribution in [1.29, 1.82) is 0 Å². The van der Waals surface area contributed by atoms with E-state index in [0.717, 1.165) is 28.8 Å². The van der Waals surface area contributed by atoms with Crippen LogP contribution in [0.5, 0.6) is 0 Å². The molecule has 0 bridgehead atoms. The number of nitrogens with one attached hydrogen (secondary N) is 2. The van der Waals surface area contributed by atoms with Crippen molar-refractivity contribution in [3.63, 3.8) is 0 Å². The number of hydrogen-bond donors (Lipinski definition) is 2. The van der Waals surface area contributed by atoms with Crippen LogP contribution in [0.1, 0.15) is 48.7 Å². The van der Waals surface area contributed by atoms with Crippen molar-refractivity contribution >= 4 is 29.4 Å². The largest absolute Gasteiger partial charge is 0.455 e. The van der Waals surface area contributed by atoms with Crippen LogP contribution in [0.25, 0.3) is 0 Å². The Bertz CT molecular complexity index is 1160. The standard InChI is InChI=1S/C25H26F3N3O5/c1-24(2,3)17-9-7-15(8-10-17)22(34)30-31-13-16(11-21(31)33)23(35)36-14-20(32)29-19-6-4-5-18(12-19)25(26,27)28/h4-10,12,16H,11,13-14H2,1-3H3,(H,29,32)(H,30,34)/t16-/m0/s1. The predicted octanol–water partition coefficient (Wildman–Crippen LogP) is 3.68. The molecule has 1 aliphatic heterocycles. The molecule has 36 heavy (non-hydrogen) atoms. The van der Waals surface area contributed by atoms with Gasteiger partial charge in [-0.25, -0.2) is 0 Å². The number of amides is 3. The smallest absolute Gasteiger partial charge is 0.416 e. The highest BCUT2D eigenvalue weighted by molar-refractivity contribution is 5.97. The van der Waals surface area contributed by atoms with Gasteiger partial charge in [-0.15, -0.1) is 0 Å². The summed E-state index contributed by atoms with van der Waals surface area (Å²) >= 11 is 0. The number of alkyl halides is 3. The first-order valence-corrected chi connectivity index (χ1v) is 11.1. The van der Waals surface area contributed by atoms with Crippen LogP contribution in [0.2, 0.25) is 0 Å². The maximum atomic E-state index is 12.8. The average Bonchev–Trinajstić information content (AvgIpc) is 3.16. The molecule has 1 saturated heterocycles. The lowest BCUT2D eigenvalue weighted by atomic mass is 9.87. The first-order chi connectivity index (χ1) is 16.7. The van der Waals surface area contributed by atoms with Crippen molar-refractivity contribution in [3.05, 3.63) is 65.2 Å². The SMILES string of the molecule is CC(C)(C)c1ccc(C(=O)NN2C[C@@H](C(=O)OCC(=O)Nc3cccc(C(F)(F)F)c3)CC2=O)cc1. The van der Waals surface area contributed by atoms with Gasteiger partial charge in [0.1, 0.15) is 0 Å². The van der Waals surface area contributed by atoms with E-state index in [1.54, 1.807) is 12.1 Å². The number of anilines is 1. The number of carbonyl (C=O) groups is 4. The van der Waals surface area contributed by atoms with Crippen LogP contribution in [-0.2, 0) is 30.7 Å². The maximum absolute atomic E-state index is 12.8. The summed E-state index contributed by atoms with van der Waals surface area (Å²) in [6, 6.07) is 11.0. The first kappa shape index (κ1) is 26.7. The first-order valence-electron chi connectivity index (χ1n) is 11.1. The molecular formula is C25H26F3N3O5. The molecule has 1 aliphatic rings. The third kappa shape index (κ3) is 6.83. The highest BCUT2D eigenvalue weighted by atomic mass is 19.4. The van der Waals surface area contributed by atoms with Crippen LogP contribution in [-0.4, -0.2) is 41.9 Å². The lowest BCUT2D eigenvalue weighted by Crippen LogP contribution is -2.43. The lowest BCUT2D eigenvalue weighted by molar-refractivity contribution is -0.151. The number of hydrogen-bond acceptors (Lipinski definition) is 5. The molecular weight excluding hydrogens is 479 g/mol. The predicted molar refractivity (Wildman–Crippen MR) is 123 cm³/mol. The van der Waals surface area contributed by atoms with E-state index in [1.807, 2.05) is 32.9 Å². The van der Waals surface area contributed by atoms with Gasteiger partial charge in [0.2, 0.25) is 5.91 Å². The molecule has 8 nitrogen and oxygen atoms in total. The van der Waals surface area contributed by atoms with E-state index in [2.05, 4.69) is 10.7 Å². The minimum absolute atomic E-state index is 0.0858. The monoisotopic (exact) mass is 505 g/mol. The number of nitrogens with zero attached hydrogens (tertiary/aromatic N) is 1. The summed E-state index contributed by atoms with van der Waals surface area (Å²) in [4.78, 5) is 49.1. The normalized spacial score (nSPS) is 16.0. The Morgan fingerprint density at radius 1 is 1.03 bits per heavy atom. The highest BCUT2D eigenvalue weighted by Gasteiger charge is 2.37. The van der Waals surface area contributed by atoms with Gasteiger partial charge in [0.15, 0.2) is 6.61 Å². The maximum Gasteiger partial charge on any atom is 0.416 e. The van der Waals surface area contributed by atoms with Crippen molar-refractivity contribution in [1.82, 2.24) is 10.4 Å². The Kier molecular flexibility index (Phi) is 7.71. The fraction of sp³-hybridized carbons (Fsp3) is 0.360. The number of benzene rings is 2. The number of carbonyl (C=O) groups excluding carboxylic acids is 4. The molecule has 1 heterocycles. The van der Waals surface area contributed by atoms with E-state index < -0.39 is 48.0 Å². The van der Waals surface area contributed by atoms with Crippen LogP contribution in [0.3, 0.4) is 0 Å². The van der Waals surface area contributed by atoms with Gasteiger partial charge in [-0.2, -0.15) is 13.2 Å². The topological polar surface area (TPSA) is 105 Å². The van der Waals surface area contributed by atoms with Gasteiger partial charge in [-0.1, -0.05) is 39.0 Å². The van der Waals surface area contributed by atoms with E-state index in [-0.39, 0.29) is 24.1 Å². The number of rotatable bonds is 6. The molecule has 0 spiro atoms. The van der Waals surface area contributed by atoms with Crippen molar-refractivity contribution in [3.8, 4) is 0 Å². The summed E-state index contributed by atoms with van der Waals surface area (Å²) in [6.45, 7) is 5.24. The fourth-order valence-corrected chi connectivity index (χ4v) is 3.51. The van der Waals surface area contributed by atoms with Gasteiger partial charge in [-0.05, 0) is 41.3 Å². The zero-order valence-electron chi connectivity index (χ0n) is 19.9. The van der Waals surface area contributed by atoms with E-state index in [0.29, 0.717) is 5.56 Å². The Hall–Kier alpha value is -3.89.